The molecule has 6 heteroatoms. The predicted octanol–water partition coefficient (Wildman–Crippen LogP) is 1.86. The molecule has 0 amide bonds. The van der Waals surface area contributed by atoms with Crippen molar-refractivity contribution in [2.45, 2.75) is 51.1 Å². The first-order chi connectivity index (χ1) is 10.4. The van der Waals surface area contributed by atoms with Crippen LogP contribution in [0.4, 0.5) is 6.01 Å². The van der Waals surface area contributed by atoms with E-state index in [2.05, 4.69) is 25.7 Å². The van der Waals surface area contributed by atoms with Crippen LogP contribution in [0.25, 0.3) is 0 Å². The summed E-state index contributed by atoms with van der Waals surface area (Å²) in [6.45, 7) is 4.17. The van der Waals surface area contributed by atoms with Crippen LogP contribution in [0.3, 0.4) is 0 Å². The third kappa shape index (κ3) is 3.74. The Kier molecular flexibility index (Phi) is 5.08. The molecular formula is C15H27N5O. The first kappa shape index (κ1) is 14.8. The van der Waals surface area contributed by atoms with Crippen LogP contribution in [0.1, 0.15) is 44.4 Å². The Labute approximate surface area is 126 Å². The van der Waals surface area contributed by atoms with Crippen LogP contribution >= 0.6 is 0 Å². The summed E-state index contributed by atoms with van der Waals surface area (Å²) in [6, 6.07) is 1.37. The second kappa shape index (κ2) is 7.22. The van der Waals surface area contributed by atoms with Gasteiger partial charge in [0, 0.05) is 12.6 Å². The van der Waals surface area contributed by atoms with Crippen LogP contribution in [0.15, 0.2) is 4.42 Å². The fourth-order valence-corrected chi connectivity index (χ4v) is 3.83. The molecular weight excluding hydrogens is 266 g/mol. The van der Waals surface area contributed by atoms with E-state index in [-0.39, 0.29) is 0 Å². The topological polar surface area (TPSA) is 66.2 Å². The molecule has 2 saturated heterocycles. The normalized spacial score (nSPS) is 26.5. The molecule has 0 aromatic carbocycles. The summed E-state index contributed by atoms with van der Waals surface area (Å²) in [6.07, 6.45) is 8.11. The molecule has 2 N–H and O–H groups in total. The fourth-order valence-electron chi connectivity index (χ4n) is 3.83. The van der Waals surface area contributed by atoms with Gasteiger partial charge in [-0.2, -0.15) is 0 Å². The fraction of sp³-hybridized carbons (Fsp3) is 0.867. The van der Waals surface area contributed by atoms with Crippen LogP contribution in [0.5, 0.6) is 0 Å². The highest BCUT2D eigenvalue weighted by Gasteiger charge is 2.32. The van der Waals surface area contributed by atoms with E-state index in [0.29, 0.717) is 18.5 Å². The number of piperidine rings is 2. The van der Waals surface area contributed by atoms with Crippen LogP contribution < -0.4 is 10.6 Å². The summed E-state index contributed by atoms with van der Waals surface area (Å²) < 4.78 is 5.51. The zero-order chi connectivity index (χ0) is 14.5. The monoisotopic (exact) mass is 293 g/mol. The van der Waals surface area contributed by atoms with Gasteiger partial charge in [0.1, 0.15) is 0 Å². The van der Waals surface area contributed by atoms with E-state index in [1.165, 1.54) is 51.6 Å². The van der Waals surface area contributed by atoms with Gasteiger partial charge in [-0.15, -0.1) is 5.10 Å². The number of aromatic nitrogens is 2. The van der Waals surface area contributed by atoms with E-state index < -0.39 is 0 Å². The largest absolute Gasteiger partial charge is 0.407 e. The van der Waals surface area contributed by atoms with Gasteiger partial charge in [-0.05, 0) is 58.2 Å². The zero-order valence-corrected chi connectivity index (χ0v) is 13.0. The van der Waals surface area contributed by atoms with Gasteiger partial charge in [0.05, 0.1) is 6.54 Å². The van der Waals surface area contributed by atoms with E-state index in [4.69, 9.17) is 4.42 Å². The molecule has 0 bridgehead atoms. The van der Waals surface area contributed by atoms with E-state index in [1.807, 2.05) is 7.05 Å². The van der Waals surface area contributed by atoms with Crippen LogP contribution in [-0.2, 0) is 6.54 Å². The van der Waals surface area contributed by atoms with Gasteiger partial charge >= 0.3 is 6.01 Å². The Hall–Kier alpha value is -1.14. The lowest BCUT2D eigenvalue weighted by atomic mass is 9.82. The van der Waals surface area contributed by atoms with Gasteiger partial charge in [0.2, 0.25) is 5.89 Å². The lowest BCUT2D eigenvalue weighted by Crippen LogP contribution is -2.48. The van der Waals surface area contributed by atoms with Crippen LogP contribution in [0, 0.1) is 5.92 Å². The van der Waals surface area contributed by atoms with Gasteiger partial charge in [0.15, 0.2) is 0 Å². The number of hydrogen-bond donors (Lipinski definition) is 2. The lowest BCUT2D eigenvalue weighted by Gasteiger charge is -2.44. The predicted molar refractivity (Wildman–Crippen MR) is 82.1 cm³/mol. The highest BCUT2D eigenvalue weighted by Crippen LogP contribution is 2.32. The Morgan fingerprint density at radius 2 is 2.10 bits per heavy atom. The molecule has 2 atom stereocenters. The minimum atomic E-state index is 0.552. The summed E-state index contributed by atoms with van der Waals surface area (Å²) in [4.78, 5) is 2.72. The Bertz CT molecular complexity index is 433. The molecule has 1 aromatic heterocycles. The number of nitrogens with one attached hydrogen (secondary N) is 2. The van der Waals surface area contributed by atoms with Crippen molar-refractivity contribution < 1.29 is 4.42 Å². The Morgan fingerprint density at radius 3 is 3.00 bits per heavy atom. The molecule has 3 heterocycles. The maximum absolute atomic E-state index is 5.51. The first-order valence-corrected chi connectivity index (χ1v) is 8.31. The third-order valence-corrected chi connectivity index (χ3v) is 4.81. The van der Waals surface area contributed by atoms with Gasteiger partial charge in [0.25, 0.3) is 0 Å². The molecule has 0 aliphatic carbocycles. The van der Waals surface area contributed by atoms with Crippen molar-refractivity contribution in [2.24, 2.45) is 5.92 Å². The average Bonchev–Trinajstić information content (AvgIpc) is 2.96. The van der Waals surface area contributed by atoms with Crippen molar-refractivity contribution in [3.63, 3.8) is 0 Å². The molecule has 0 unspecified atom stereocenters. The molecule has 118 valence electrons. The highest BCUT2D eigenvalue weighted by molar-refractivity contribution is 5.16. The van der Waals surface area contributed by atoms with Crippen molar-refractivity contribution in [2.75, 3.05) is 32.0 Å². The van der Waals surface area contributed by atoms with E-state index >= 15 is 0 Å². The molecule has 6 nitrogen and oxygen atoms in total. The minimum absolute atomic E-state index is 0.552. The molecule has 1 aromatic rings. The summed E-state index contributed by atoms with van der Waals surface area (Å²) >= 11 is 0. The summed E-state index contributed by atoms with van der Waals surface area (Å²) in [7, 11) is 1.87. The maximum Gasteiger partial charge on any atom is 0.315 e. The van der Waals surface area contributed by atoms with Crippen molar-refractivity contribution in [3.05, 3.63) is 5.89 Å². The second-order valence-electron chi connectivity index (χ2n) is 6.25. The third-order valence-electron chi connectivity index (χ3n) is 4.81. The van der Waals surface area contributed by atoms with Crippen molar-refractivity contribution in [3.8, 4) is 0 Å². The molecule has 3 rings (SSSR count). The molecule has 0 spiro atoms. The maximum atomic E-state index is 5.51. The van der Waals surface area contributed by atoms with Gasteiger partial charge in [-0.1, -0.05) is 11.5 Å². The quantitative estimate of drug-likeness (QED) is 0.834. The SMILES string of the molecule is CNCc1nnc(NCC[C@@H]2CCCN3CCCC[C@H]23)o1. The summed E-state index contributed by atoms with van der Waals surface area (Å²) in [5.74, 6) is 1.46. The van der Waals surface area contributed by atoms with Gasteiger partial charge in [-0.25, -0.2) is 0 Å². The number of nitrogens with zero attached hydrogens (tertiary/aromatic N) is 3. The molecule has 2 fully saturated rings. The summed E-state index contributed by atoms with van der Waals surface area (Å²) in [5, 5.41) is 14.3. The number of hydrogen-bond acceptors (Lipinski definition) is 6. The second-order valence-corrected chi connectivity index (χ2v) is 6.25. The zero-order valence-electron chi connectivity index (χ0n) is 13.0. The van der Waals surface area contributed by atoms with E-state index in [1.54, 1.807) is 0 Å². The summed E-state index contributed by atoms with van der Waals surface area (Å²) in [5.41, 5.74) is 0. The molecule has 2 aliphatic rings. The van der Waals surface area contributed by atoms with Crippen molar-refractivity contribution in [1.29, 1.82) is 0 Å². The van der Waals surface area contributed by atoms with Crippen molar-refractivity contribution >= 4 is 6.01 Å². The van der Waals surface area contributed by atoms with E-state index in [9.17, 15) is 0 Å². The first-order valence-electron chi connectivity index (χ1n) is 8.31. The van der Waals surface area contributed by atoms with Crippen LogP contribution in [-0.4, -0.2) is 47.8 Å². The molecule has 2 aliphatic heterocycles. The van der Waals surface area contributed by atoms with Crippen LogP contribution in [0.2, 0.25) is 0 Å². The number of fused-ring (bicyclic) bond motifs is 1. The smallest absolute Gasteiger partial charge is 0.315 e. The number of rotatable bonds is 6. The minimum Gasteiger partial charge on any atom is -0.407 e. The lowest BCUT2D eigenvalue weighted by molar-refractivity contribution is 0.0573. The number of anilines is 1. The molecule has 0 saturated carbocycles. The standard InChI is InChI=1S/C15H27N5O/c1-16-11-14-18-19-15(21-14)17-8-7-12-5-4-10-20-9-3-2-6-13(12)20/h12-13,16H,2-11H2,1H3,(H,17,19)/t12-,13+/m0/s1. The average molecular weight is 293 g/mol. The Balaban J connectivity index is 1.45. The molecule has 0 radical (unpaired) electrons. The van der Waals surface area contributed by atoms with Crippen molar-refractivity contribution in [1.82, 2.24) is 20.4 Å². The van der Waals surface area contributed by atoms with E-state index in [0.717, 1.165) is 18.5 Å². The highest BCUT2D eigenvalue weighted by atomic mass is 16.4. The molecule has 21 heavy (non-hydrogen) atoms. The van der Waals surface area contributed by atoms with Gasteiger partial charge < -0.3 is 20.0 Å². The van der Waals surface area contributed by atoms with Gasteiger partial charge in [-0.3, -0.25) is 0 Å². The Morgan fingerprint density at radius 1 is 1.19 bits per heavy atom.